The summed E-state index contributed by atoms with van der Waals surface area (Å²) in [5.41, 5.74) is 3.53. The van der Waals surface area contributed by atoms with Crippen molar-refractivity contribution in [3.63, 3.8) is 0 Å². The number of rotatable bonds is 3. The van der Waals surface area contributed by atoms with Crippen molar-refractivity contribution < 1.29 is 22.8 Å². The van der Waals surface area contributed by atoms with Crippen LogP contribution in [0, 0.1) is 0 Å². The first-order valence-electron chi connectivity index (χ1n) is 5.70. The molecule has 0 heterocycles. The van der Waals surface area contributed by atoms with Gasteiger partial charge < -0.3 is 16.4 Å². The van der Waals surface area contributed by atoms with Gasteiger partial charge in [-0.3, -0.25) is 4.79 Å². The molecule has 0 aliphatic rings. The molecule has 0 saturated heterocycles. The SMILES string of the molecule is CC(C)NC(=O)Nc1ccc(C(F)(F)F)cc1C(N)=O. The second kappa shape index (κ2) is 5.81. The van der Waals surface area contributed by atoms with E-state index in [4.69, 9.17) is 5.73 Å². The van der Waals surface area contributed by atoms with Crippen LogP contribution in [0.3, 0.4) is 0 Å². The molecule has 8 heteroatoms. The number of anilines is 1. The Bertz CT molecular complexity index is 527. The van der Waals surface area contributed by atoms with Gasteiger partial charge >= 0.3 is 12.2 Å². The van der Waals surface area contributed by atoms with Gasteiger partial charge in [0.2, 0.25) is 0 Å². The number of amides is 3. The summed E-state index contributed by atoms with van der Waals surface area (Å²) in [6.45, 7) is 3.42. The van der Waals surface area contributed by atoms with Crippen molar-refractivity contribution >= 4 is 17.6 Å². The van der Waals surface area contributed by atoms with Crippen LogP contribution >= 0.6 is 0 Å². The summed E-state index contributed by atoms with van der Waals surface area (Å²) in [4.78, 5) is 22.7. The molecule has 0 fully saturated rings. The lowest BCUT2D eigenvalue weighted by Crippen LogP contribution is -2.34. The third-order valence-electron chi connectivity index (χ3n) is 2.28. The van der Waals surface area contributed by atoms with Gasteiger partial charge in [0, 0.05) is 6.04 Å². The van der Waals surface area contributed by atoms with E-state index in [1.165, 1.54) is 0 Å². The Labute approximate surface area is 113 Å². The van der Waals surface area contributed by atoms with Crippen LogP contribution in [0.2, 0.25) is 0 Å². The van der Waals surface area contributed by atoms with Crippen LogP contribution in [0.4, 0.5) is 23.7 Å². The van der Waals surface area contributed by atoms with E-state index in [9.17, 15) is 22.8 Å². The first kappa shape index (κ1) is 15.8. The average molecular weight is 289 g/mol. The van der Waals surface area contributed by atoms with Crippen molar-refractivity contribution in [3.05, 3.63) is 29.3 Å². The number of carbonyl (C=O) groups excluding carboxylic acids is 2. The molecule has 0 saturated carbocycles. The lowest BCUT2D eigenvalue weighted by atomic mass is 10.1. The molecular formula is C12H14F3N3O2. The quantitative estimate of drug-likeness (QED) is 0.798. The highest BCUT2D eigenvalue weighted by Crippen LogP contribution is 2.31. The summed E-state index contributed by atoms with van der Waals surface area (Å²) in [5, 5.41) is 4.76. The number of hydrogen-bond donors (Lipinski definition) is 3. The van der Waals surface area contributed by atoms with Crippen LogP contribution in [-0.2, 0) is 6.18 Å². The van der Waals surface area contributed by atoms with Crippen LogP contribution < -0.4 is 16.4 Å². The predicted octanol–water partition coefficient (Wildman–Crippen LogP) is 2.33. The molecule has 1 aromatic carbocycles. The second-order valence-corrected chi connectivity index (χ2v) is 4.38. The lowest BCUT2D eigenvalue weighted by molar-refractivity contribution is -0.137. The molecule has 0 aliphatic carbocycles. The summed E-state index contributed by atoms with van der Waals surface area (Å²) in [6, 6.07) is 1.55. The van der Waals surface area contributed by atoms with Crippen molar-refractivity contribution in [2.24, 2.45) is 5.73 Å². The van der Waals surface area contributed by atoms with Gasteiger partial charge in [0.05, 0.1) is 16.8 Å². The smallest absolute Gasteiger partial charge is 0.366 e. The summed E-state index contributed by atoms with van der Waals surface area (Å²) < 4.78 is 37.6. The van der Waals surface area contributed by atoms with E-state index >= 15 is 0 Å². The maximum absolute atomic E-state index is 12.5. The topological polar surface area (TPSA) is 84.2 Å². The standard InChI is InChI=1S/C12H14F3N3O2/c1-6(2)17-11(20)18-9-4-3-7(12(13,14)15)5-8(9)10(16)19/h3-6H,1-2H3,(H2,16,19)(H2,17,18,20). The van der Waals surface area contributed by atoms with E-state index in [0.29, 0.717) is 6.07 Å². The zero-order valence-corrected chi connectivity index (χ0v) is 10.8. The number of nitrogens with one attached hydrogen (secondary N) is 2. The minimum atomic E-state index is -4.59. The number of alkyl halides is 3. The molecule has 110 valence electrons. The third kappa shape index (κ3) is 4.15. The van der Waals surface area contributed by atoms with Gasteiger partial charge in [-0.1, -0.05) is 0 Å². The Morgan fingerprint density at radius 1 is 1.25 bits per heavy atom. The number of urea groups is 1. The maximum Gasteiger partial charge on any atom is 0.416 e. The van der Waals surface area contributed by atoms with E-state index in [-0.39, 0.29) is 11.7 Å². The Morgan fingerprint density at radius 2 is 1.85 bits per heavy atom. The molecule has 5 nitrogen and oxygen atoms in total. The Kier molecular flexibility index (Phi) is 4.59. The highest BCUT2D eigenvalue weighted by Gasteiger charge is 2.31. The zero-order chi connectivity index (χ0) is 15.5. The molecule has 0 bridgehead atoms. The highest BCUT2D eigenvalue weighted by molar-refractivity contribution is 6.02. The van der Waals surface area contributed by atoms with Gasteiger partial charge in [0.25, 0.3) is 5.91 Å². The van der Waals surface area contributed by atoms with Gasteiger partial charge in [-0.2, -0.15) is 13.2 Å². The molecule has 0 aromatic heterocycles. The van der Waals surface area contributed by atoms with Gasteiger partial charge in [0.15, 0.2) is 0 Å². The molecule has 4 N–H and O–H groups in total. The Hall–Kier alpha value is -2.25. The molecule has 1 rings (SSSR count). The van der Waals surface area contributed by atoms with Crippen LogP contribution in [-0.4, -0.2) is 18.0 Å². The Morgan fingerprint density at radius 3 is 2.30 bits per heavy atom. The van der Waals surface area contributed by atoms with Gasteiger partial charge in [-0.15, -0.1) is 0 Å². The summed E-state index contributed by atoms with van der Waals surface area (Å²) in [7, 11) is 0. The minimum Gasteiger partial charge on any atom is -0.366 e. The molecular weight excluding hydrogens is 275 g/mol. The lowest BCUT2D eigenvalue weighted by Gasteiger charge is -2.14. The fourth-order valence-electron chi connectivity index (χ4n) is 1.45. The molecule has 0 atom stereocenters. The number of primary amides is 1. The highest BCUT2D eigenvalue weighted by atomic mass is 19.4. The number of carbonyl (C=O) groups is 2. The van der Waals surface area contributed by atoms with Crippen molar-refractivity contribution in [1.82, 2.24) is 5.32 Å². The number of nitrogens with two attached hydrogens (primary N) is 1. The second-order valence-electron chi connectivity index (χ2n) is 4.38. The van der Waals surface area contributed by atoms with Crippen molar-refractivity contribution in [1.29, 1.82) is 0 Å². The fourth-order valence-corrected chi connectivity index (χ4v) is 1.45. The monoisotopic (exact) mass is 289 g/mol. The maximum atomic E-state index is 12.5. The zero-order valence-electron chi connectivity index (χ0n) is 10.8. The molecule has 0 aliphatic heterocycles. The van der Waals surface area contributed by atoms with Gasteiger partial charge in [0.1, 0.15) is 0 Å². The number of halogens is 3. The average Bonchev–Trinajstić information content (AvgIpc) is 2.26. The summed E-state index contributed by atoms with van der Waals surface area (Å²) in [5.74, 6) is -1.06. The van der Waals surface area contributed by atoms with Gasteiger partial charge in [-0.05, 0) is 32.0 Å². The van der Waals surface area contributed by atoms with E-state index in [0.717, 1.165) is 12.1 Å². The van der Waals surface area contributed by atoms with Crippen molar-refractivity contribution in [2.75, 3.05) is 5.32 Å². The first-order valence-corrected chi connectivity index (χ1v) is 5.70. The molecule has 3 amide bonds. The van der Waals surface area contributed by atoms with Gasteiger partial charge in [-0.25, -0.2) is 4.79 Å². The Balaban J connectivity index is 3.08. The van der Waals surface area contributed by atoms with Crippen LogP contribution in [0.1, 0.15) is 29.8 Å². The van der Waals surface area contributed by atoms with E-state index in [1.807, 2.05) is 0 Å². The first-order chi connectivity index (χ1) is 9.11. The molecule has 1 aromatic rings. The normalized spacial score (nSPS) is 11.3. The number of benzene rings is 1. The molecule has 0 radical (unpaired) electrons. The molecule has 0 unspecified atom stereocenters. The number of hydrogen-bond acceptors (Lipinski definition) is 2. The fraction of sp³-hybridized carbons (Fsp3) is 0.333. The van der Waals surface area contributed by atoms with E-state index < -0.39 is 29.2 Å². The van der Waals surface area contributed by atoms with Crippen LogP contribution in [0.25, 0.3) is 0 Å². The summed E-state index contributed by atoms with van der Waals surface area (Å²) in [6.07, 6.45) is -4.59. The summed E-state index contributed by atoms with van der Waals surface area (Å²) >= 11 is 0. The van der Waals surface area contributed by atoms with Crippen molar-refractivity contribution in [3.8, 4) is 0 Å². The minimum absolute atomic E-state index is 0.0800. The van der Waals surface area contributed by atoms with E-state index in [2.05, 4.69) is 10.6 Å². The van der Waals surface area contributed by atoms with Crippen molar-refractivity contribution in [2.45, 2.75) is 26.1 Å². The largest absolute Gasteiger partial charge is 0.416 e. The predicted molar refractivity (Wildman–Crippen MR) is 67.3 cm³/mol. The van der Waals surface area contributed by atoms with Crippen LogP contribution in [0.5, 0.6) is 0 Å². The third-order valence-corrected chi connectivity index (χ3v) is 2.28. The molecule has 20 heavy (non-hydrogen) atoms. The molecule has 0 spiro atoms. The van der Waals surface area contributed by atoms with Crippen LogP contribution in [0.15, 0.2) is 18.2 Å². The van der Waals surface area contributed by atoms with E-state index in [1.54, 1.807) is 13.8 Å².